The maximum atomic E-state index is 9.49. The molecular weight excluding hydrogens is 252 g/mol. The van der Waals surface area contributed by atoms with Crippen LogP contribution in [0.4, 0.5) is 0 Å². The summed E-state index contributed by atoms with van der Waals surface area (Å²) in [5, 5.41) is 12.9. The van der Waals surface area contributed by atoms with Crippen LogP contribution in [0.3, 0.4) is 0 Å². The zero-order chi connectivity index (χ0) is 15.1. The zero-order valence-corrected chi connectivity index (χ0v) is 13.5. The first kappa shape index (κ1) is 17.4. The van der Waals surface area contributed by atoms with Crippen LogP contribution in [0.1, 0.15) is 52.9 Å². The Morgan fingerprint density at radius 3 is 2.75 bits per heavy atom. The van der Waals surface area contributed by atoms with E-state index in [1.807, 2.05) is 0 Å². The van der Waals surface area contributed by atoms with Crippen molar-refractivity contribution in [3.63, 3.8) is 0 Å². The van der Waals surface area contributed by atoms with E-state index >= 15 is 0 Å². The Morgan fingerprint density at radius 2 is 2.15 bits per heavy atom. The molecule has 1 aliphatic rings. The highest BCUT2D eigenvalue weighted by Crippen LogP contribution is 2.37. The van der Waals surface area contributed by atoms with E-state index in [1.165, 1.54) is 0 Å². The van der Waals surface area contributed by atoms with Gasteiger partial charge in [-0.1, -0.05) is 13.3 Å². The summed E-state index contributed by atoms with van der Waals surface area (Å²) < 4.78 is 11.1. The molecule has 1 rings (SSSR count). The van der Waals surface area contributed by atoms with Crippen LogP contribution in [0.2, 0.25) is 0 Å². The smallest absolute Gasteiger partial charge is 0.109 e. The SMILES string of the molecule is CCNC1(C#N)CCCC1CCOCCC(C)(C)OC. The molecule has 0 bridgehead atoms. The summed E-state index contributed by atoms with van der Waals surface area (Å²) in [4.78, 5) is 0. The molecule has 1 saturated carbocycles. The van der Waals surface area contributed by atoms with Crippen LogP contribution in [0.25, 0.3) is 0 Å². The minimum absolute atomic E-state index is 0.118. The summed E-state index contributed by atoms with van der Waals surface area (Å²) in [5.74, 6) is 0.419. The Morgan fingerprint density at radius 1 is 1.40 bits per heavy atom. The molecule has 0 aliphatic heterocycles. The maximum absolute atomic E-state index is 9.49. The normalized spacial score (nSPS) is 26.6. The second-order valence-corrected chi connectivity index (χ2v) is 6.32. The van der Waals surface area contributed by atoms with Gasteiger partial charge in [0.2, 0.25) is 0 Å². The molecule has 0 aromatic carbocycles. The number of methoxy groups -OCH3 is 1. The van der Waals surface area contributed by atoms with Gasteiger partial charge in [-0.15, -0.1) is 0 Å². The molecule has 1 aliphatic carbocycles. The number of rotatable bonds is 9. The van der Waals surface area contributed by atoms with Crippen molar-refractivity contribution in [3.8, 4) is 6.07 Å². The first-order chi connectivity index (χ1) is 9.49. The topological polar surface area (TPSA) is 54.3 Å². The highest BCUT2D eigenvalue weighted by molar-refractivity contribution is 5.13. The second-order valence-electron chi connectivity index (χ2n) is 6.32. The number of ether oxygens (including phenoxy) is 2. The molecule has 2 unspecified atom stereocenters. The number of hydrogen-bond donors (Lipinski definition) is 1. The molecule has 0 saturated heterocycles. The maximum Gasteiger partial charge on any atom is 0.109 e. The summed E-state index contributed by atoms with van der Waals surface area (Å²) in [7, 11) is 1.73. The summed E-state index contributed by atoms with van der Waals surface area (Å²) in [6, 6.07) is 2.52. The molecule has 0 radical (unpaired) electrons. The van der Waals surface area contributed by atoms with E-state index in [1.54, 1.807) is 7.11 Å². The van der Waals surface area contributed by atoms with Gasteiger partial charge in [0.1, 0.15) is 5.54 Å². The lowest BCUT2D eigenvalue weighted by molar-refractivity contribution is -0.0116. The zero-order valence-electron chi connectivity index (χ0n) is 13.5. The van der Waals surface area contributed by atoms with Crippen molar-refractivity contribution in [1.82, 2.24) is 5.32 Å². The lowest BCUT2D eigenvalue weighted by Gasteiger charge is -2.29. The average Bonchev–Trinajstić information content (AvgIpc) is 2.82. The second kappa shape index (κ2) is 7.97. The molecule has 0 amide bonds. The fourth-order valence-corrected chi connectivity index (χ4v) is 2.95. The minimum Gasteiger partial charge on any atom is -0.381 e. The van der Waals surface area contributed by atoms with Crippen LogP contribution >= 0.6 is 0 Å². The lowest BCUT2D eigenvalue weighted by atomic mass is 9.86. The van der Waals surface area contributed by atoms with Crippen LogP contribution in [0.5, 0.6) is 0 Å². The number of hydrogen-bond acceptors (Lipinski definition) is 4. The average molecular weight is 282 g/mol. The molecule has 4 heteroatoms. The van der Waals surface area contributed by atoms with Gasteiger partial charge in [0.05, 0.1) is 11.7 Å². The van der Waals surface area contributed by atoms with E-state index < -0.39 is 0 Å². The van der Waals surface area contributed by atoms with Crippen molar-refractivity contribution < 1.29 is 9.47 Å². The fourth-order valence-electron chi connectivity index (χ4n) is 2.95. The van der Waals surface area contributed by atoms with Gasteiger partial charge in [-0.2, -0.15) is 5.26 Å². The van der Waals surface area contributed by atoms with E-state index in [0.29, 0.717) is 12.5 Å². The van der Waals surface area contributed by atoms with Gasteiger partial charge in [0.25, 0.3) is 0 Å². The van der Waals surface area contributed by atoms with Crippen molar-refractivity contribution in [2.45, 2.75) is 64.0 Å². The highest BCUT2D eigenvalue weighted by Gasteiger charge is 2.42. The quantitative estimate of drug-likeness (QED) is 0.661. The molecule has 0 aromatic heterocycles. The van der Waals surface area contributed by atoms with Crippen LogP contribution < -0.4 is 5.32 Å². The van der Waals surface area contributed by atoms with Crippen molar-refractivity contribution >= 4 is 0 Å². The van der Waals surface area contributed by atoms with Crippen LogP contribution in [-0.4, -0.2) is 38.0 Å². The fraction of sp³-hybridized carbons (Fsp3) is 0.938. The van der Waals surface area contributed by atoms with Gasteiger partial charge >= 0.3 is 0 Å². The van der Waals surface area contributed by atoms with Gasteiger partial charge in [0, 0.05) is 20.3 Å². The lowest BCUT2D eigenvalue weighted by Crippen LogP contribution is -2.47. The summed E-state index contributed by atoms with van der Waals surface area (Å²) in [6.07, 6.45) is 5.10. The predicted octanol–water partition coefficient (Wildman–Crippen LogP) is 2.88. The molecule has 116 valence electrons. The molecule has 0 aromatic rings. The number of nitrogens with one attached hydrogen (secondary N) is 1. The summed E-state index contributed by atoms with van der Waals surface area (Å²) in [5.41, 5.74) is -0.433. The van der Waals surface area contributed by atoms with E-state index in [0.717, 1.165) is 45.3 Å². The van der Waals surface area contributed by atoms with Crippen molar-refractivity contribution in [3.05, 3.63) is 0 Å². The predicted molar refractivity (Wildman–Crippen MR) is 80.5 cm³/mol. The third-order valence-corrected chi connectivity index (χ3v) is 4.52. The Labute approximate surface area is 123 Å². The molecule has 0 heterocycles. The molecule has 1 fully saturated rings. The van der Waals surface area contributed by atoms with E-state index in [9.17, 15) is 5.26 Å². The molecular formula is C16H30N2O2. The van der Waals surface area contributed by atoms with Crippen molar-refractivity contribution in [1.29, 1.82) is 5.26 Å². The molecule has 20 heavy (non-hydrogen) atoms. The van der Waals surface area contributed by atoms with Gasteiger partial charge in [-0.3, -0.25) is 5.32 Å². The van der Waals surface area contributed by atoms with Crippen molar-refractivity contribution in [2.24, 2.45) is 5.92 Å². The Hall–Kier alpha value is -0.630. The molecule has 0 spiro atoms. The Balaban J connectivity index is 2.29. The Bertz CT molecular complexity index is 325. The van der Waals surface area contributed by atoms with Crippen LogP contribution in [0, 0.1) is 17.2 Å². The van der Waals surface area contributed by atoms with Crippen molar-refractivity contribution in [2.75, 3.05) is 26.9 Å². The first-order valence-corrected chi connectivity index (χ1v) is 7.79. The highest BCUT2D eigenvalue weighted by atomic mass is 16.5. The van der Waals surface area contributed by atoms with Gasteiger partial charge in [-0.05, 0) is 52.0 Å². The van der Waals surface area contributed by atoms with Crippen LogP contribution in [-0.2, 0) is 9.47 Å². The number of nitriles is 1. The monoisotopic (exact) mass is 282 g/mol. The van der Waals surface area contributed by atoms with Crippen LogP contribution in [0.15, 0.2) is 0 Å². The minimum atomic E-state index is -0.316. The standard InChI is InChI=1S/C16H30N2O2/c1-5-18-16(13-17)9-6-7-14(16)8-11-20-12-10-15(2,3)19-4/h14,18H,5-12H2,1-4H3. The van der Waals surface area contributed by atoms with E-state index in [-0.39, 0.29) is 11.1 Å². The van der Waals surface area contributed by atoms with Gasteiger partial charge < -0.3 is 9.47 Å². The molecule has 1 N–H and O–H groups in total. The number of nitrogens with zero attached hydrogens (tertiary/aromatic N) is 1. The van der Waals surface area contributed by atoms with E-state index in [4.69, 9.17) is 9.47 Å². The molecule has 4 nitrogen and oxygen atoms in total. The third kappa shape index (κ3) is 4.73. The summed E-state index contributed by atoms with van der Waals surface area (Å²) in [6.45, 7) is 8.51. The van der Waals surface area contributed by atoms with Gasteiger partial charge in [0.15, 0.2) is 0 Å². The summed E-state index contributed by atoms with van der Waals surface area (Å²) >= 11 is 0. The largest absolute Gasteiger partial charge is 0.381 e. The van der Waals surface area contributed by atoms with E-state index in [2.05, 4.69) is 32.2 Å². The Kier molecular flexibility index (Phi) is 6.94. The first-order valence-electron chi connectivity index (χ1n) is 7.79. The van der Waals surface area contributed by atoms with Gasteiger partial charge in [-0.25, -0.2) is 0 Å². The third-order valence-electron chi connectivity index (χ3n) is 4.52. The molecule has 2 atom stereocenters.